The molecule has 0 aliphatic carbocycles. The molecule has 66 valence electrons. The van der Waals surface area contributed by atoms with Crippen LogP contribution in [0.2, 0.25) is 0 Å². The lowest BCUT2D eigenvalue weighted by atomic mass is 10.0. The van der Waals surface area contributed by atoms with E-state index < -0.39 is 17.7 Å². The van der Waals surface area contributed by atoms with Gasteiger partial charge in [0.15, 0.2) is 0 Å². The topological polar surface area (TPSA) is 89.8 Å². The van der Waals surface area contributed by atoms with Crippen LogP contribution in [0.25, 0.3) is 0 Å². The van der Waals surface area contributed by atoms with E-state index in [1.54, 1.807) is 0 Å². The van der Waals surface area contributed by atoms with Crippen molar-refractivity contribution in [3.05, 3.63) is 0 Å². The average molecular weight is 184 g/mol. The quantitative estimate of drug-likeness (QED) is 0.385. The van der Waals surface area contributed by atoms with Gasteiger partial charge in [0, 0.05) is 13.1 Å². The van der Waals surface area contributed by atoms with Crippen LogP contribution in [0.3, 0.4) is 0 Å². The van der Waals surface area contributed by atoms with E-state index >= 15 is 0 Å². The Kier molecular flexibility index (Phi) is 3.25. The molecule has 1 saturated heterocycles. The summed E-state index contributed by atoms with van der Waals surface area (Å²) in [4.78, 5) is 10.3. The molecular formula is C5H10ClNO4. The van der Waals surface area contributed by atoms with E-state index in [1.165, 1.54) is 0 Å². The van der Waals surface area contributed by atoms with E-state index in [4.69, 9.17) is 15.3 Å². The first kappa shape index (κ1) is 10.6. The highest BCUT2D eigenvalue weighted by Gasteiger charge is 2.47. The van der Waals surface area contributed by atoms with E-state index in [1.807, 2.05) is 0 Å². The standard InChI is InChI=1S/C5H9NO4.ClH/c7-3-1-6-2-5(3,10)4(8)9;/h3,6-7,10H,1-2H2,(H,8,9);1H/t3-,5+;/m0./s1. The monoisotopic (exact) mass is 183 g/mol. The first-order valence-electron chi connectivity index (χ1n) is 2.92. The number of carboxylic acids is 1. The summed E-state index contributed by atoms with van der Waals surface area (Å²) in [6.07, 6.45) is -1.20. The van der Waals surface area contributed by atoms with E-state index in [9.17, 15) is 4.79 Å². The van der Waals surface area contributed by atoms with Gasteiger partial charge in [-0.3, -0.25) is 0 Å². The van der Waals surface area contributed by atoms with Gasteiger partial charge in [-0.15, -0.1) is 12.4 Å². The second kappa shape index (κ2) is 3.36. The predicted octanol–water partition coefficient (Wildman–Crippen LogP) is -1.81. The molecule has 1 heterocycles. The number of β-amino-alcohol motifs (C(OH)–C–C–N with tert-alkyl or cyclic N) is 2. The first-order valence-corrected chi connectivity index (χ1v) is 2.92. The number of carbonyl (C=O) groups is 1. The van der Waals surface area contributed by atoms with Gasteiger partial charge in [-0.05, 0) is 0 Å². The molecule has 0 bridgehead atoms. The summed E-state index contributed by atoms with van der Waals surface area (Å²) < 4.78 is 0. The van der Waals surface area contributed by atoms with Gasteiger partial charge in [-0.25, -0.2) is 4.79 Å². The third kappa shape index (κ3) is 1.62. The van der Waals surface area contributed by atoms with Crippen LogP contribution in [0.4, 0.5) is 0 Å². The fourth-order valence-electron chi connectivity index (χ4n) is 0.904. The molecule has 0 aromatic heterocycles. The lowest BCUT2D eigenvalue weighted by molar-refractivity contribution is -0.165. The number of hydrogen-bond donors (Lipinski definition) is 4. The second-order valence-electron chi connectivity index (χ2n) is 2.38. The summed E-state index contributed by atoms with van der Waals surface area (Å²) in [5.74, 6) is -1.38. The van der Waals surface area contributed by atoms with Crippen LogP contribution < -0.4 is 5.32 Å². The minimum Gasteiger partial charge on any atom is -0.479 e. The molecule has 0 radical (unpaired) electrons. The Morgan fingerprint density at radius 1 is 1.64 bits per heavy atom. The van der Waals surface area contributed by atoms with E-state index in [2.05, 4.69) is 5.32 Å². The molecular weight excluding hydrogens is 174 g/mol. The SMILES string of the molecule is Cl.O=C(O)[C@@]1(O)CNC[C@@H]1O. The van der Waals surface area contributed by atoms with Crippen molar-refractivity contribution >= 4 is 18.4 Å². The summed E-state index contributed by atoms with van der Waals surface area (Å²) in [5.41, 5.74) is -1.99. The van der Waals surface area contributed by atoms with Gasteiger partial charge in [0.1, 0.15) is 6.10 Å². The van der Waals surface area contributed by atoms with Gasteiger partial charge >= 0.3 is 5.97 Å². The maximum absolute atomic E-state index is 10.3. The van der Waals surface area contributed by atoms with Gasteiger partial charge in [0.05, 0.1) is 0 Å². The van der Waals surface area contributed by atoms with Crippen molar-refractivity contribution in [2.24, 2.45) is 0 Å². The third-order valence-electron chi connectivity index (χ3n) is 1.65. The van der Waals surface area contributed by atoms with E-state index in [0.29, 0.717) is 0 Å². The second-order valence-corrected chi connectivity index (χ2v) is 2.38. The first-order chi connectivity index (χ1) is 4.57. The molecule has 1 fully saturated rings. The molecule has 1 aliphatic heterocycles. The molecule has 0 aromatic rings. The molecule has 1 rings (SSSR count). The molecule has 6 heteroatoms. The average Bonchev–Trinajstić information content (AvgIpc) is 2.15. The van der Waals surface area contributed by atoms with Crippen molar-refractivity contribution in [1.29, 1.82) is 0 Å². The minimum atomic E-state index is -1.99. The molecule has 5 nitrogen and oxygen atoms in total. The van der Waals surface area contributed by atoms with Crippen LogP contribution in [0.5, 0.6) is 0 Å². The van der Waals surface area contributed by atoms with Crippen LogP contribution in [-0.4, -0.2) is 46.1 Å². The smallest absolute Gasteiger partial charge is 0.339 e. The molecule has 0 aromatic carbocycles. The number of aliphatic carboxylic acids is 1. The van der Waals surface area contributed by atoms with Gasteiger partial charge in [-0.2, -0.15) is 0 Å². The lowest BCUT2D eigenvalue weighted by Crippen LogP contribution is -2.49. The Hall–Kier alpha value is -0.360. The fraction of sp³-hybridized carbons (Fsp3) is 0.800. The van der Waals surface area contributed by atoms with E-state index in [0.717, 1.165) is 0 Å². The Balaban J connectivity index is 0.000001000. The van der Waals surface area contributed by atoms with Gasteiger partial charge in [0.25, 0.3) is 0 Å². The maximum Gasteiger partial charge on any atom is 0.339 e. The van der Waals surface area contributed by atoms with Crippen molar-refractivity contribution in [2.45, 2.75) is 11.7 Å². The highest BCUT2D eigenvalue weighted by atomic mass is 35.5. The van der Waals surface area contributed by atoms with Crippen molar-refractivity contribution in [2.75, 3.05) is 13.1 Å². The van der Waals surface area contributed by atoms with E-state index in [-0.39, 0.29) is 25.5 Å². The molecule has 2 atom stereocenters. The number of nitrogens with one attached hydrogen (secondary N) is 1. The number of halogens is 1. The third-order valence-corrected chi connectivity index (χ3v) is 1.65. The number of aliphatic hydroxyl groups excluding tert-OH is 1. The zero-order valence-electron chi connectivity index (χ0n) is 5.65. The Morgan fingerprint density at radius 2 is 2.18 bits per heavy atom. The van der Waals surface area contributed by atoms with Crippen LogP contribution in [0, 0.1) is 0 Å². The largest absolute Gasteiger partial charge is 0.479 e. The molecule has 0 amide bonds. The molecule has 0 unspecified atom stereocenters. The summed E-state index contributed by atoms with van der Waals surface area (Å²) in [6.45, 7) is 0.0340. The molecule has 1 aliphatic rings. The highest BCUT2D eigenvalue weighted by Crippen LogP contribution is 2.14. The zero-order chi connectivity index (χ0) is 7.78. The Bertz CT molecular complexity index is 165. The highest BCUT2D eigenvalue weighted by molar-refractivity contribution is 5.85. The maximum atomic E-state index is 10.3. The Morgan fingerprint density at radius 3 is 2.36 bits per heavy atom. The van der Waals surface area contributed by atoms with Crippen LogP contribution >= 0.6 is 12.4 Å². The number of hydrogen-bond acceptors (Lipinski definition) is 4. The summed E-state index contributed by atoms with van der Waals surface area (Å²) in [7, 11) is 0. The van der Waals surface area contributed by atoms with Crippen LogP contribution in [0.1, 0.15) is 0 Å². The lowest BCUT2D eigenvalue weighted by Gasteiger charge is -2.18. The number of rotatable bonds is 1. The summed E-state index contributed by atoms with van der Waals surface area (Å²) in [6, 6.07) is 0. The molecule has 4 N–H and O–H groups in total. The minimum absolute atomic E-state index is 0. The fourth-order valence-corrected chi connectivity index (χ4v) is 0.904. The Labute approximate surface area is 69.4 Å². The zero-order valence-corrected chi connectivity index (χ0v) is 6.47. The normalized spacial score (nSPS) is 36.4. The molecule has 0 spiro atoms. The van der Waals surface area contributed by atoms with Crippen molar-refractivity contribution < 1.29 is 20.1 Å². The van der Waals surface area contributed by atoms with Gasteiger partial charge in [-0.1, -0.05) is 0 Å². The molecule has 11 heavy (non-hydrogen) atoms. The van der Waals surface area contributed by atoms with Crippen molar-refractivity contribution in [3.8, 4) is 0 Å². The van der Waals surface area contributed by atoms with Crippen LogP contribution in [-0.2, 0) is 4.79 Å². The number of aliphatic hydroxyl groups is 2. The summed E-state index contributed by atoms with van der Waals surface area (Å²) in [5, 5.41) is 29.0. The molecule has 0 saturated carbocycles. The van der Waals surface area contributed by atoms with Crippen LogP contribution in [0.15, 0.2) is 0 Å². The number of carboxylic acid groups (broad SMARTS) is 1. The van der Waals surface area contributed by atoms with Crippen molar-refractivity contribution in [1.82, 2.24) is 5.32 Å². The van der Waals surface area contributed by atoms with Gasteiger partial charge in [0.2, 0.25) is 5.60 Å². The van der Waals surface area contributed by atoms with Gasteiger partial charge < -0.3 is 20.6 Å². The predicted molar refractivity (Wildman–Crippen MR) is 38.7 cm³/mol. The summed E-state index contributed by atoms with van der Waals surface area (Å²) >= 11 is 0. The van der Waals surface area contributed by atoms with Crippen molar-refractivity contribution in [3.63, 3.8) is 0 Å².